The van der Waals surface area contributed by atoms with Gasteiger partial charge in [0.2, 0.25) is 0 Å². The van der Waals surface area contributed by atoms with Crippen molar-refractivity contribution in [2.24, 2.45) is 0 Å². The zero-order valence-corrected chi connectivity index (χ0v) is 21.2. The second kappa shape index (κ2) is 12.1. The molecule has 0 aliphatic carbocycles. The molecular formula is C28H32O7S. The van der Waals surface area contributed by atoms with Crippen LogP contribution in [0.4, 0.5) is 0 Å². The molecule has 1 aliphatic rings. The summed E-state index contributed by atoms with van der Waals surface area (Å²) in [5.74, 6) is 0. The lowest BCUT2D eigenvalue weighted by Crippen LogP contribution is -2.62. The predicted octanol–water partition coefficient (Wildman–Crippen LogP) is 3.67. The molecule has 8 heteroatoms. The first-order chi connectivity index (χ1) is 17.4. The summed E-state index contributed by atoms with van der Waals surface area (Å²) in [4.78, 5) is 0.103. The molecule has 36 heavy (non-hydrogen) atoms. The zero-order chi connectivity index (χ0) is 25.5. The zero-order valence-electron chi connectivity index (χ0n) is 20.4. The minimum absolute atomic E-state index is 0.0564. The summed E-state index contributed by atoms with van der Waals surface area (Å²) < 4.78 is 51.1. The average Bonchev–Trinajstić information content (AvgIpc) is 2.89. The summed E-state index contributed by atoms with van der Waals surface area (Å²) in [6.45, 7) is 2.41. The molecule has 1 aliphatic heterocycles. The summed E-state index contributed by atoms with van der Waals surface area (Å²) in [7, 11) is -2.65. The van der Waals surface area contributed by atoms with Crippen molar-refractivity contribution in [2.45, 2.75) is 54.9 Å². The van der Waals surface area contributed by atoms with Crippen LogP contribution in [0.25, 0.3) is 0 Å². The van der Waals surface area contributed by atoms with Gasteiger partial charge in [-0.1, -0.05) is 78.4 Å². The van der Waals surface area contributed by atoms with E-state index < -0.39 is 39.7 Å². The molecule has 0 radical (unpaired) electrons. The molecule has 0 amide bonds. The Balaban J connectivity index is 1.63. The van der Waals surface area contributed by atoms with Gasteiger partial charge >= 0.3 is 0 Å². The standard InChI is InChI=1S/C28H32O7S/c1-20-13-15-23(16-14-20)36(30,31)27-25(29)28(32-2)35-24(19-33-17-21-9-5-3-6-10-21)26(27)34-18-22-11-7-4-8-12-22/h3-16,24-29H,17-19H2,1-2H3/t24-,25+,26-,27+,28+/m1/s1. The van der Waals surface area contributed by atoms with Gasteiger partial charge < -0.3 is 24.1 Å². The maximum atomic E-state index is 13.8. The lowest BCUT2D eigenvalue weighted by Gasteiger charge is -2.43. The van der Waals surface area contributed by atoms with Crippen molar-refractivity contribution in [3.8, 4) is 0 Å². The fraction of sp³-hybridized carbons (Fsp3) is 0.357. The van der Waals surface area contributed by atoms with Gasteiger partial charge in [0.05, 0.1) is 24.7 Å². The highest BCUT2D eigenvalue weighted by molar-refractivity contribution is 7.92. The molecule has 0 unspecified atom stereocenters. The van der Waals surface area contributed by atoms with Gasteiger partial charge in [-0.05, 0) is 30.2 Å². The first-order valence-electron chi connectivity index (χ1n) is 11.8. The van der Waals surface area contributed by atoms with Gasteiger partial charge in [0.15, 0.2) is 16.1 Å². The second-order valence-corrected chi connectivity index (χ2v) is 11.0. The van der Waals surface area contributed by atoms with Crippen molar-refractivity contribution in [1.29, 1.82) is 0 Å². The van der Waals surface area contributed by atoms with Crippen molar-refractivity contribution in [1.82, 2.24) is 0 Å². The summed E-state index contributed by atoms with van der Waals surface area (Å²) in [6, 6.07) is 25.6. The SMILES string of the molecule is CO[C@H]1O[C@H](COCc2ccccc2)[C@@H](OCc2ccccc2)[C@@H](S(=O)(=O)c2ccc(C)cc2)[C@@H]1O. The number of hydrogen-bond donors (Lipinski definition) is 1. The van der Waals surface area contributed by atoms with E-state index in [4.69, 9.17) is 18.9 Å². The van der Waals surface area contributed by atoms with Crippen molar-refractivity contribution in [3.63, 3.8) is 0 Å². The van der Waals surface area contributed by atoms with E-state index in [1.165, 1.54) is 7.11 Å². The van der Waals surface area contributed by atoms with Crippen molar-refractivity contribution in [3.05, 3.63) is 102 Å². The van der Waals surface area contributed by atoms with Crippen LogP contribution in [0.2, 0.25) is 0 Å². The first kappa shape index (κ1) is 26.5. The Labute approximate surface area is 212 Å². The molecule has 0 aromatic heterocycles. The van der Waals surface area contributed by atoms with Crippen LogP contribution in [0.15, 0.2) is 89.8 Å². The molecule has 1 fully saturated rings. The molecule has 7 nitrogen and oxygen atoms in total. The molecule has 1 saturated heterocycles. The monoisotopic (exact) mass is 512 g/mol. The number of rotatable bonds is 10. The van der Waals surface area contributed by atoms with Crippen LogP contribution in [0, 0.1) is 6.92 Å². The molecule has 4 rings (SSSR count). The predicted molar refractivity (Wildman–Crippen MR) is 135 cm³/mol. The van der Waals surface area contributed by atoms with E-state index in [-0.39, 0.29) is 18.1 Å². The van der Waals surface area contributed by atoms with E-state index in [1.807, 2.05) is 67.6 Å². The average molecular weight is 513 g/mol. The van der Waals surface area contributed by atoms with Crippen LogP contribution in [-0.2, 0) is 42.0 Å². The number of hydrogen-bond acceptors (Lipinski definition) is 7. The number of aliphatic hydroxyl groups excluding tert-OH is 1. The van der Waals surface area contributed by atoms with Gasteiger partial charge in [-0.3, -0.25) is 0 Å². The number of aryl methyl sites for hydroxylation is 1. The van der Waals surface area contributed by atoms with Crippen molar-refractivity contribution in [2.75, 3.05) is 13.7 Å². The molecule has 192 valence electrons. The number of methoxy groups -OCH3 is 1. The lowest BCUT2D eigenvalue weighted by atomic mass is 10.0. The van der Waals surface area contributed by atoms with E-state index in [0.717, 1.165) is 16.7 Å². The van der Waals surface area contributed by atoms with Crippen molar-refractivity contribution < 1.29 is 32.5 Å². The first-order valence-corrected chi connectivity index (χ1v) is 13.4. The molecular weight excluding hydrogens is 480 g/mol. The minimum atomic E-state index is -4.03. The summed E-state index contributed by atoms with van der Waals surface area (Å²) >= 11 is 0. The Hall–Kier alpha value is -2.59. The van der Waals surface area contributed by atoms with Gasteiger partial charge in [0.1, 0.15) is 23.6 Å². The summed E-state index contributed by atoms with van der Waals surface area (Å²) in [5, 5.41) is 9.79. The highest BCUT2D eigenvalue weighted by Gasteiger charge is 2.52. The molecule has 1 heterocycles. The van der Waals surface area contributed by atoms with Gasteiger partial charge in [-0.2, -0.15) is 0 Å². The van der Waals surface area contributed by atoms with Gasteiger partial charge in [-0.25, -0.2) is 8.42 Å². The summed E-state index contributed by atoms with van der Waals surface area (Å²) in [6.07, 6.45) is -4.42. The molecule has 5 atom stereocenters. The quantitative estimate of drug-likeness (QED) is 0.443. The Kier molecular flexibility index (Phi) is 8.90. The Bertz CT molecular complexity index is 1180. The van der Waals surface area contributed by atoms with Crippen molar-refractivity contribution >= 4 is 9.84 Å². The normalized spacial score (nSPS) is 24.5. The van der Waals surface area contributed by atoms with E-state index >= 15 is 0 Å². The molecule has 1 N–H and O–H groups in total. The van der Waals surface area contributed by atoms with Crippen LogP contribution in [0.1, 0.15) is 16.7 Å². The molecule has 0 saturated carbocycles. The third-order valence-corrected chi connectivity index (χ3v) is 8.43. The fourth-order valence-corrected chi connectivity index (χ4v) is 6.23. The maximum absolute atomic E-state index is 13.8. The van der Waals surface area contributed by atoms with E-state index in [9.17, 15) is 13.5 Å². The van der Waals surface area contributed by atoms with Gasteiger partial charge in [-0.15, -0.1) is 0 Å². The summed E-state index contributed by atoms with van der Waals surface area (Å²) in [5.41, 5.74) is 2.78. The number of ether oxygens (including phenoxy) is 4. The third kappa shape index (κ3) is 6.21. The number of benzene rings is 3. The molecule has 3 aromatic rings. The van der Waals surface area contributed by atoms with Crippen LogP contribution in [-0.4, -0.2) is 57.1 Å². The topological polar surface area (TPSA) is 91.3 Å². The largest absolute Gasteiger partial charge is 0.386 e. The third-order valence-electron chi connectivity index (χ3n) is 6.23. The van der Waals surface area contributed by atoms with Gasteiger partial charge in [0, 0.05) is 7.11 Å². The molecule has 0 spiro atoms. The smallest absolute Gasteiger partial charge is 0.186 e. The second-order valence-electron chi connectivity index (χ2n) is 8.85. The van der Waals surface area contributed by atoms with Crippen LogP contribution < -0.4 is 0 Å². The highest BCUT2D eigenvalue weighted by atomic mass is 32.2. The number of sulfone groups is 1. The van der Waals surface area contributed by atoms with Gasteiger partial charge in [0.25, 0.3) is 0 Å². The van der Waals surface area contributed by atoms with E-state index in [1.54, 1.807) is 24.3 Å². The Morgan fingerprint density at radius 2 is 1.44 bits per heavy atom. The Morgan fingerprint density at radius 1 is 0.861 bits per heavy atom. The minimum Gasteiger partial charge on any atom is -0.386 e. The fourth-order valence-electron chi connectivity index (χ4n) is 4.30. The van der Waals surface area contributed by atoms with E-state index in [2.05, 4.69) is 0 Å². The lowest BCUT2D eigenvalue weighted by molar-refractivity contribution is -0.270. The van der Waals surface area contributed by atoms with Crippen LogP contribution >= 0.6 is 0 Å². The molecule has 0 bridgehead atoms. The highest BCUT2D eigenvalue weighted by Crippen LogP contribution is 2.33. The van der Waals surface area contributed by atoms with Crippen LogP contribution in [0.5, 0.6) is 0 Å². The van der Waals surface area contributed by atoms with Crippen LogP contribution in [0.3, 0.4) is 0 Å². The van der Waals surface area contributed by atoms with E-state index in [0.29, 0.717) is 6.61 Å². The molecule has 3 aromatic carbocycles. The Morgan fingerprint density at radius 3 is 2.03 bits per heavy atom. The maximum Gasteiger partial charge on any atom is 0.186 e. The number of aliphatic hydroxyl groups is 1.